The van der Waals surface area contributed by atoms with E-state index in [-0.39, 0.29) is 11.4 Å². The van der Waals surface area contributed by atoms with Gasteiger partial charge in [-0.25, -0.2) is 4.39 Å². The Morgan fingerprint density at radius 3 is 3.08 bits per heavy atom. The lowest BCUT2D eigenvalue weighted by atomic mass is 9.92. The van der Waals surface area contributed by atoms with E-state index in [0.29, 0.717) is 13.0 Å². The van der Waals surface area contributed by atoms with E-state index in [1.165, 1.54) is 12.1 Å². The summed E-state index contributed by atoms with van der Waals surface area (Å²) >= 11 is 0. The first kappa shape index (κ1) is 8.51. The molecule has 0 saturated heterocycles. The molecular formula is C10H12FNO. The summed E-state index contributed by atoms with van der Waals surface area (Å²) in [4.78, 5) is 0. The molecule has 0 radical (unpaired) electrons. The largest absolute Gasteiger partial charge is 0.491 e. The number of rotatable bonds is 0. The van der Waals surface area contributed by atoms with Gasteiger partial charge in [0.25, 0.3) is 0 Å². The quantitative estimate of drug-likeness (QED) is 0.658. The van der Waals surface area contributed by atoms with Crippen molar-refractivity contribution in [1.82, 2.24) is 0 Å². The van der Waals surface area contributed by atoms with Crippen molar-refractivity contribution in [3.8, 4) is 5.75 Å². The molecule has 13 heavy (non-hydrogen) atoms. The molecule has 1 unspecified atom stereocenters. The number of benzene rings is 1. The molecule has 2 nitrogen and oxygen atoms in total. The van der Waals surface area contributed by atoms with Crippen LogP contribution < -0.4 is 10.5 Å². The second kappa shape index (κ2) is 2.70. The Balaban J connectivity index is 2.38. The van der Waals surface area contributed by atoms with E-state index in [1.807, 2.05) is 6.92 Å². The molecule has 0 saturated carbocycles. The highest BCUT2D eigenvalue weighted by molar-refractivity contribution is 5.37. The van der Waals surface area contributed by atoms with Crippen molar-refractivity contribution in [2.45, 2.75) is 18.9 Å². The average molecular weight is 181 g/mol. The third-order valence-electron chi connectivity index (χ3n) is 2.17. The summed E-state index contributed by atoms with van der Waals surface area (Å²) in [6.07, 6.45) is 0.667. The molecule has 0 aromatic heterocycles. The van der Waals surface area contributed by atoms with E-state index in [0.717, 1.165) is 11.3 Å². The molecule has 0 spiro atoms. The molecule has 70 valence electrons. The van der Waals surface area contributed by atoms with Crippen molar-refractivity contribution < 1.29 is 9.13 Å². The standard InChI is InChI=1S/C10H12FNO/c1-10(12)5-7-4-8(11)2-3-9(7)13-6-10/h2-4H,5-6,12H2,1H3. The number of hydrogen-bond donors (Lipinski definition) is 1. The highest BCUT2D eigenvalue weighted by atomic mass is 19.1. The fourth-order valence-corrected chi connectivity index (χ4v) is 1.56. The monoisotopic (exact) mass is 181 g/mol. The number of hydrogen-bond acceptors (Lipinski definition) is 2. The third-order valence-corrected chi connectivity index (χ3v) is 2.17. The summed E-state index contributed by atoms with van der Waals surface area (Å²) in [5.41, 5.74) is 6.38. The van der Waals surface area contributed by atoms with Gasteiger partial charge in [0, 0.05) is 0 Å². The van der Waals surface area contributed by atoms with E-state index in [1.54, 1.807) is 6.07 Å². The minimum Gasteiger partial charge on any atom is -0.491 e. The number of nitrogens with two attached hydrogens (primary N) is 1. The Kier molecular flexibility index (Phi) is 1.77. The van der Waals surface area contributed by atoms with Gasteiger partial charge in [-0.15, -0.1) is 0 Å². The molecule has 1 aliphatic rings. The maximum atomic E-state index is 12.9. The first-order valence-corrected chi connectivity index (χ1v) is 4.27. The molecule has 1 heterocycles. The number of ether oxygens (including phenoxy) is 1. The highest BCUT2D eigenvalue weighted by Crippen LogP contribution is 2.28. The van der Waals surface area contributed by atoms with E-state index in [4.69, 9.17) is 10.5 Å². The molecular weight excluding hydrogens is 169 g/mol. The summed E-state index contributed by atoms with van der Waals surface area (Å²) in [6.45, 7) is 2.40. The van der Waals surface area contributed by atoms with E-state index in [2.05, 4.69) is 0 Å². The third kappa shape index (κ3) is 1.65. The fraction of sp³-hybridized carbons (Fsp3) is 0.400. The predicted octanol–water partition coefficient (Wildman–Crippen LogP) is 1.48. The summed E-state index contributed by atoms with van der Waals surface area (Å²) in [7, 11) is 0. The van der Waals surface area contributed by atoms with Crippen LogP contribution in [0.5, 0.6) is 5.75 Å². The lowest BCUT2D eigenvalue weighted by Gasteiger charge is -2.31. The first-order valence-electron chi connectivity index (χ1n) is 4.27. The summed E-state index contributed by atoms with van der Waals surface area (Å²) in [5.74, 6) is 0.518. The van der Waals surface area contributed by atoms with Crippen molar-refractivity contribution >= 4 is 0 Å². The first-order chi connectivity index (χ1) is 6.07. The smallest absolute Gasteiger partial charge is 0.123 e. The van der Waals surface area contributed by atoms with Crippen LogP contribution in [0.1, 0.15) is 12.5 Å². The van der Waals surface area contributed by atoms with Crippen LogP contribution in [0.15, 0.2) is 18.2 Å². The van der Waals surface area contributed by atoms with Gasteiger partial charge in [-0.1, -0.05) is 0 Å². The van der Waals surface area contributed by atoms with Gasteiger partial charge < -0.3 is 10.5 Å². The zero-order valence-electron chi connectivity index (χ0n) is 7.51. The van der Waals surface area contributed by atoms with Crippen molar-refractivity contribution in [2.24, 2.45) is 5.73 Å². The van der Waals surface area contributed by atoms with Gasteiger partial charge in [-0.2, -0.15) is 0 Å². The molecule has 1 aliphatic heterocycles. The second-order valence-corrected chi connectivity index (χ2v) is 3.87. The summed E-state index contributed by atoms with van der Waals surface area (Å²) in [5, 5.41) is 0. The number of halogens is 1. The Hall–Kier alpha value is -1.09. The van der Waals surface area contributed by atoms with Crippen molar-refractivity contribution in [1.29, 1.82) is 0 Å². The fourth-order valence-electron chi connectivity index (χ4n) is 1.56. The van der Waals surface area contributed by atoms with Crippen LogP contribution in [0.4, 0.5) is 4.39 Å². The van der Waals surface area contributed by atoms with Gasteiger partial charge in [0.1, 0.15) is 18.2 Å². The Morgan fingerprint density at radius 2 is 2.31 bits per heavy atom. The Bertz CT molecular complexity index is 336. The SMILES string of the molecule is CC1(N)COc2ccc(F)cc2C1. The van der Waals surface area contributed by atoms with E-state index in [9.17, 15) is 4.39 Å². The molecule has 2 N–H and O–H groups in total. The predicted molar refractivity (Wildman–Crippen MR) is 48.2 cm³/mol. The van der Waals surface area contributed by atoms with Crippen LogP contribution in [0.2, 0.25) is 0 Å². The van der Waals surface area contributed by atoms with Crippen molar-refractivity contribution in [2.75, 3.05) is 6.61 Å². The van der Waals surface area contributed by atoms with Gasteiger partial charge in [-0.3, -0.25) is 0 Å². The van der Waals surface area contributed by atoms with Crippen LogP contribution in [-0.4, -0.2) is 12.1 Å². The zero-order valence-corrected chi connectivity index (χ0v) is 7.51. The van der Waals surface area contributed by atoms with Gasteiger partial charge in [-0.05, 0) is 37.1 Å². The minimum absolute atomic E-state index is 0.236. The van der Waals surface area contributed by atoms with E-state index >= 15 is 0 Å². The molecule has 1 aromatic rings. The molecule has 0 fully saturated rings. The maximum absolute atomic E-state index is 12.9. The van der Waals surface area contributed by atoms with Gasteiger partial charge in [0.15, 0.2) is 0 Å². The molecule has 3 heteroatoms. The zero-order chi connectivity index (χ0) is 9.47. The van der Waals surface area contributed by atoms with Crippen LogP contribution in [0.25, 0.3) is 0 Å². The van der Waals surface area contributed by atoms with Gasteiger partial charge >= 0.3 is 0 Å². The molecule has 0 aliphatic carbocycles. The van der Waals surface area contributed by atoms with Crippen LogP contribution in [0.3, 0.4) is 0 Å². The molecule has 1 atom stereocenters. The normalized spacial score (nSPS) is 26.4. The van der Waals surface area contributed by atoms with Crippen molar-refractivity contribution in [3.05, 3.63) is 29.6 Å². The van der Waals surface area contributed by atoms with Crippen molar-refractivity contribution in [3.63, 3.8) is 0 Å². The Labute approximate surface area is 76.5 Å². The molecule has 1 aromatic carbocycles. The number of fused-ring (bicyclic) bond motifs is 1. The maximum Gasteiger partial charge on any atom is 0.123 e. The average Bonchev–Trinajstić information content (AvgIpc) is 2.01. The van der Waals surface area contributed by atoms with Crippen LogP contribution in [-0.2, 0) is 6.42 Å². The minimum atomic E-state index is -0.374. The molecule has 2 rings (SSSR count). The molecule has 0 amide bonds. The topological polar surface area (TPSA) is 35.2 Å². The second-order valence-electron chi connectivity index (χ2n) is 3.87. The summed E-state index contributed by atoms with van der Waals surface area (Å²) < 4.78 is 18.3. The molecule has 0 bridgehead atoms. The Morgan fingerprint density at radius 1 is 1.54 bits per heavy atom. The lowest BCUT2D eigenvalue weighted by Crippen LogP contribution is -2.47. The van der Waals surface area contributed by atoms with Crippen LogP contribution >= 0.6 is 0 Å². The van der Waals surface area contributed by atoms with Gasteiger partial charge in [0.2, 0.25) is 0 Å². The van der Waals surface area contributed by atoms with Crippen LogP contribution in [0, 0.1) is 5.82 Å². The lowest BCUT2D eigenvalue weighted by molar-refractivity contribution is 0.203. The van der Waals surface area contributed by atoms with E-state index < -0.39 is 0 Å². The summed E-state index contributed by atoms with van der Waals surface area (Å²) in [6, 6.07) is 4.54. The van der Waals surface area contributed by atoms with Gasteiger partial charge in [0.05, 0.1) is 5.54 Å². The highest BCUT2D eigenvalue weighted by Gasteiger charge is 2.27.